The average Bonchev–Trinajstić information content (AvgIpc) is 3.40. The van der Waals surface area contributed by atoms with Gasteiger partial charge in [-0.3, -0.25) is 5.10 Å². The van der Waals surface area contributed by atoms with Crippen LogP contribution in [-0.4, -0.2) is 51.0 Å². The maximum Gasteiger partial charge on any atom is 0.161 e. The minimum Gasteiger partial charge on any atom is -0.369 e. The molecule has 1 fully saturated rings. The van der Waals surface area contributed by atoms with Gasteiger partial charge >= 0.3 is 0 Å². The zero-order chi connectivity index (χ0) is 22.4. The lowest BCUT2D eigenvalue weighted by Crippen LogP contribution is -2.43. The zero-order valence-corrected chi connectivity index (χ0v) is 19.5. The molecule has 0 saturated carbocycles. The van der Waals surface area contributed by atoms with Gasteiger partial charge in [-0.25, -0.2) is 9.50 Å². The van der Waals surface area contributed by atoms with Crippen LogP contribution in [0.25, 0.3) is 16.6 Å². The first-order chi connectivity index (χ1) is 15.2. The second-order valence-corrected chi connectivity index (χ2v) is 7.03. The number of H-pyrrole nitrogens is 1. The van der Waals surface area contributed by atoms with E-state index < -0.39 is 0 Å². The van der Waals surface area contributed by atoms with Crippen LogP contribution in [0.1, 0.15) is 39.0 Å². The smallest absolute Gasteiger partial charge is 0.161 e. The van der Waals surface area contributed by atoms with E-state index in [1.165, 1.54) is 5.69 Å². The van der Waals surface area contributed by atoms with Crippen molar-refractivity contribution in [2.45, 2.75) is 41.5 Å². The van der Waals surface area contributed by atoms with Crippen molar-refractivity contribution in [3.05, 3.63) is 41.7 Å². The molecule has 8 nitrogen and oxygen atoms in total. The first kappa shape index (κ1) is 22.6. The molecular weight excluding hydrogens is 388 g/mol. The molecule has 3 N–H and O–H groups in total. The number of rotatable bonds is 3. The third kappa shape index (κ3) is 4.80. The van der Waals surface area contributed by atoms with E-state index in [4.69, 9.17) is 0 Å². The summed E-state index contributed by atoms with van der Waals surface area (Å²) in [5.74, 6) is 1.52. The van der Waals surface area contributed by atoms with E-state index in [-0.39, 0.29) is 0 Å². The molecule has 0 spiro atoms. The van der Waals surface area contributed by atoms with E-state index in [2.05, 4.69) is 54.0 Å². The van der Waals surface area contributed by atoms with Gasteiger partial charge in [0.1, 0.15) is 0 Å². The van der Waals surface area contributed by atoms with Crippen molar-refractivity contribution >= 4 is 33.9 Å². The number of nitrogens with one attached hydrogen (secondary N) is 3. The summed E-state index contributed by atoms with van der Waals surface area (Å²) in [7, 11) is 0. The van der Waals surface area contributed by atoms with Crippen LogP contribution in [0.15, 0.2) is 30.5 Å². The lowest BCUT2D eigenvalue weighted by atomic mass is 10.2. The molecular formula is C23H34N8. The number of piperazine rings is 1. The highest BCUT2D eigenvalue weighted by Gasteiger charge is 2.14. The van der Waals surface area contributed by atoms with Gasteiger partial charge in [-0.15, -0.1) is 5.10 Å². The van der Waals surface area contributed by atoms with E-state index in [9.17, 15) is 0 Å². The minimum atomic E-state index is 0.747. The highest BCUT2D eigenvalue weighted by atomic mass is 15.3. The fourth-order valence-electron chi connectivity index (χ4n) is 3.65. The Bertz CT molecular complexity index is 1120. The fraction of sp³-hybridized carbons (Fsp3) is 0.435. The van der Waals surface area contributed by atoms with Crippen molar-refractivity contribution in [1.82, 2.24) is 30.1 Å². The van der Waals surface area contributed by atoms with Crippen LogP contribution in [0, 0.1) is 13.8 Å². The highest BCUT2D eigenvalue weighted by molar-refractivity contribution is 5.93. The Morgan fingerprint density at radius 3 is 2.48 bits per heavy atom. The lowest BCUT2D eigenvalue weighted by molar-refractivity contribution is 0.589. The fourth-order valence-corrected chi connectivity index (χ4v) is 3.65. The van der Waals surface area contributed by atoms with Crippen LogP contribution < -0.4 is 15.5 Å². The van der Waals surface area contributed by atoms with E-state index >= 15 is 0 Å². The number of benzene rings is 1. The Hall–Kier alpha value is -3.13. The topological polar surface area (TPSA) is 86.2 Å². The Labute approximate surface area is 184 Å². The molecule has 8 heteroatoms. The van der Waals surface area contributed by atoms with Crippen molar-refractivity contribution in [1.29, 1.82) is 0 Å². The number of aromatic amines is 1. The van der Waals surface area contributed by atoms with Crippen molar-refractivity contribution in [3.63, 3.8) is 0 Å². The summed E-state index contributed by atoms with van der Waals surface area (Å²) in [5.41, 5.74) is 5.15. The van der Waals surface area contributed by atoms with Gasteiger partial charge in [0.25, 0.3) is 0 Å². The number of nitrogens with zero attached hydrogens (tertiary/aromatic N) is 5. The van der Waals surface area contributed by atoms with Crippen LogP contribution >= 0.6 is 0 Å². The van der Waals surface area contributed by atoms with Gasteiger partial charge in [0, 0.05) is 37.3 Å². The van der Waals surface area contributed by atoms with E-state index in [0.717, 1.165) is 65.6 Å². The normalized spacial score (nSPS) is 13.4. The van der Waals surface area contributed by atoms with Crippen LogP contribution in [-0.2, 0) is 0 Å². The van der Waals surface area contributed by atoms with Crippen molar-refractivity contribution < 1.29 is 0 Å². The summed E-state index contributed by atoms with van der Waals surface area (Å²) in [4.78, 5) is 6.89. The monoisotopic (exact) mass is 422 g/mol. The van der Waals surface area contributed by atoms with E-state index in [0.29, 0.717) is 0 Å². The van der Waals surface area contributed by atoms with Gasteiger partial charge in [-0.2, -0.15) is 5.10 Å². The van der Waals surface area contributed by atoms with Crippen molar-refractivity contribution in [2.24, 2.45) is 0 Å². The predicted molar refractivity (Wildman–Crippen MR) is 130 cm³/mol. The molecule has 166 valence electrons. The largest absolute Gasteiger partial charge is 0.369 e. The number of aryl methyl sites for hydroxylation is 2. The molecule has 1 aromatic carbocycles. The summed E-state index contributed by atoms with van der Waals surface area (Å²) in [6.07, 6.45) is 1.93. The summed E-state index contributed by atoms with van der Waals surface area (Å²) >= 11 is 0. The van der Waals surface area contributed by atoms with Gasteiger partial charge in [0.05, 0.1) is 17.4 Å². The zero-order valence-electron chi connectivity index (χ0n) is 19.5. The second kappa shape index (κ2) is 10.3. The standard InChI is InChI=1S/C19H22N8.2C2H6/c1-12-9-17(25-27-11-13(2)21-19(12)27)22-18-15-4-3-14(10-16(15)23-24-18)26-7-5-20-6-8-26;2*1-2/h3-4,9-11,20H,5-8H2,1-2H3,(H2,22,23,24,25);2*1-2H3. The molecule has 0 atom stereocenters. The molecule has 0 amide bonds. The molecule has 0 aliphatic carbocycles. The third-order valence-electron chi connectivity index (χ3n) is 5.00. The maximum atomic E-state index is 4.60. The first-order valence-corrected chi connectivity index (χ1v) is 11.2. The quantitative estimate of drug-likeness (QED) is 0.453. The number of hydrogen-bond acceptors (Lipinski definition) is 6. The molecule has 1 aliphatic rings. The summed E-state index contributed by atoms with van der Waals surface area (Å²) < 4.78 is 1.81. The second-order valence-electron chi connectivity index (χ2n) is 7.03. The lowest BCUT2D eigenvalue weighted by Gasteiger charge is -2.29. The summed E-state index contributed by atoms with van der Waals surface area (Å²) in [6.45, 7) is 16.1. The number of hydrogen-bond donors (Lipinski definition) is 3. The molecule has 0 bridgehead atoms. The Kier molecular flexibility index (Phi) is 7.46. The molecule has 31 heavy (non-hydrogen) atoms. The first-order valence-electron chi connectivity index (χ1n) is 11.2. The van der Waals surface area contributed by atoms with Crippen LogP contribution in [0.5, 0.6) is 0 Å². The van der Waals surface area contributed by atoms with Crippen LogP contribution in [0.4, 0.5) is 17.3 Å². The number of fused-ring (bicyclic) bond motifs is 2. The molecule has 1 saturated heterocycles. The van der Waals surface area contributed by atoms with Gasteiger partial charge in [0.2, 0.25) is 0 Å². The molecule has 1 aliphatic heterocycles. The summed E-state index contributed by atoms with van der Waals surface area (Å²) in [5, 5.41) is 20.0. The van der Waals surface area contributed by atoms with Crippen molar-refractivity contribution in [2.75, 3.05) is 36.4 Å². The van der Waals surface area contributed by atoms with Gasteiger partial charge < -0.3 is 15.5 Å². The Morgan fingerprint density at radius 1 is 1.00 bits per heavy atom. The molecule has 3 aromatic heterocycles. The Morgan fingerprint density at radius 2 is 1.74 bits per heavy atom. The number of imidazole rings is 1. The Balaban J connectivity index is 0.000000645. The van der Waals surface area contributed by atoms with Gasteiger partial charge in [-0.1, -0.05) is 27.7 Å². The summed E-state index contributed by atoms with van der Waals surface area (Å²) in [6, 6.07) is 8.44. The predicted octanol–water partition coefficient (Wildman–Crippen LogP) is 4.43. The van der Waals surface area contributed by atoms with Gasteiger partial charge in [-0.05, 0) is 43.7 Å². The van der Waals surface area contributed by atoms with E-state index in [1.807, 2.05) is 58.3 Å². The van der Waals surface area contributed by atoms with E-state index in [1.54, 1.807) is 0 Å². The molecule has 4 aromatic rings. The number of aromatic nitrogens is 5. The average molecular weight is 423 g/mol. The van der Waals surface area contributed by atoms with Crippen LogP contribution in [0.3, 0.4) is 0 Å². The molecule has 4 heterocycles. The minimum absolute atomic E-state index is 0.747. The van der Waals surface area contributed by atoms with Crippen LogP contribution in [0.2, 0.25) is 0 Å². The number of anilines is 3. The SMILES string of the molecule is CC.CC.Cc1cn2nc(Nc3n[nH]c4cc(N5CCNCC5)ccc34)cc(C)c2n1. The third-order valence-corrected chi connectivity index (χ3v) is 5.00. The van der Waals surface area contributed by atoms with Gasteiger partial charge in [0.15, 0.2) is 17.3 Å². The molecule has 5 rings (SSSR count). The highest BCUT2D eigenvalue weighted by Crippen LogP contribution is 2.28. The maximum absolute atomic E-state index is 4.60. The molecule has 0 unspecified atom stereocenters. The molecule has 0 radical (unpaired) electrons. The van der Waals surface area contributed by atoms with Crippen molar-refractivity contribution in [3.8, 4) is 0 Å².